The maximum atomic E-state index is 11.5. The zero-order chi connectivity index (χ0) is 17.1. The first kappa shape index (κ1) is 15.9. The molecule has 1 aromatic carbocycles. The molecule has 0 bridgehead atoms. The predicted molar refractivity (Wildman–Crippen MR) is 92.4 cm³/mol. The highest BCUT2D eigenvalue weighted by Crippen LogP contribution is 2.22. The van der Waals surface area contributed by atoms with Gasteiger partial charge in [-0.1, -0.05) is 12.1 Å². The van der Waals surface area contributed by atoms with Crippen LogP contribution in [0.15, 0.2) is 30.5 Å². The monoisotopic (exact) mass is 321 g/mol. The highest BCUT2D eigenvalue weighted by Gasteiger charge is 2.21. The minimum atomic E-state index is -0.0167. The van der Waals surface area contributed by atoms with Gasteiger partial charge in [-0.3, -0.25) is 4.79 Å². The van der Waals surface area contributed by atoms with Gasteiger partial charge in [-0.05, 0) is 26.0 Å². The number of hydrogen-bond donors (Lipinski definition) is 0. The third-order valence-electron chi connectivity index (χ3n) is 4.27. The van der Waals surface area contributed by atoms with Crippen LogP contribution in [0.2, 0.25) is 0 Å². The number of carbonyl (C=O) groups is 1. The Bertz CT molecular complexity index is 803. The van der Waals surface area contributed by atoms with Crippen molar-refractivity contribution in [3.63, 3.8) is 0 Å². The molecular weight excluding hydrogens is 302 g/mol. The second-order valence-corrected chi connectivity index (χ2v) is 5.83. The van der Waals surface area contributed by atoms with Gasteiger partial charge in [-0.25, -0.2) is 9.97 Å². The van der Waals surface area contributed by atoms with Gasteiger partial charge in [0.05, 0.1) is 22.5 Å². The first-order valence-corrected chi connectivity index (χ1v) is 7.93. The molecule has 1 fully saturated rings. The molecule has 6 nitrogen and oxygen atoms in total. The molecular formula is C18H19N5O. The Morgan fingerprint density at radius 1 is 1.17 bits per heavy atom. The Morgan fingerprint density at radius 2 is 1.83 bits per heavy atom. The smallest absolute Gasteiger partial charge is 0.225 e. The summed E-state index contributed by atoms with van der Waals surface area (Å²) in [6, 6.07) is 9.91. The summed E-state index contributed by atoms with van der Waals surface area (Å²) in [6.45, 7) is 6.51. The summed E-state index contributed by atoms with van der Waals surface area (Å²) in [5.74, 6) is 0.641. The standard InChI is InChI=1S/C18H19N5O/c1-13-16(14(2)24)12-20-18(21-13)23-9-7-22(8-10-23)17-6-4-3-5-15(17)11-19/h3-6,12H,7-10H2,1-2H3. The summed E-state index contributed by atoms with van der Waals surface area (Å²) < 4.78 is 0. The van der Waals surface area contributed by atoms with Crippen LogP contribution in [-0.4, -0.2) is 41.9 Å². The van der Waals surface area contributed by atoms with Gasteiger partial charge in [0, 0.05) is 32.4 Å². The minimum Gasteiger partial charge on any atom is -0.367 e. The zero-order valence-corrected chi connectivity index (χ0v) is 13.9. The third kappa shape index (κ3) is 3.06. The lowest BCUT2D eigenvalue weighted by Gasteiger charge is -2.36. The topological polar surface area (TPSA) is 73.1 Å². The van der Waals surface area contributed by atoms with Crippen LogP contribution in [0.5, 0.6) is 0 Å². The fourth-order valence-electron chi connectivity index (χ4n) is 2.94. The van der Waals surface area contributed by atoms with Gasteiger partial charge in [0.1, 0.15) is 6.07 Å². The molecule has 1 aliphatic heterocycles. The molecule has 0 unspecified atom stereocenters. The molecule has 0 N–H and O–H groups in total. The van der Waals surface area contributed by atoms with Crippen LogP contribution in [0, 0.1) is 18.3 Å². The second kappa shape index (κ2) is 6.67. The van der Waals surface area contributed by atoms with Gasteiger partial charge in [-0.15, -0.1) is 0 Å². The number of ketones is 1. The number of nitriles is 1. The van der Waals surface area contributed by atoms with Crippen LogP contribution in [0.25, 0.3) is 0 Å². The normalized spacial score (nSPS) is 14.4. The van der Waals surface area contributed by atoms with E-state index in [0.717, 1.165) is 31.9 Å². The first-order valence-electron chi connectivity index (χ1n) is 7.93. The molecule has 1 saturated heterocycles. The van der Waals surface area contributed by atoms with Crippen molar-refractivity contribution >= 4 is 17.4 Å². The number of Topliss-reactive ketones (excluding diaryl/α,β-unsaturated/α-hetero) is 1. The van der Waals surface area contributed by atoms with Crippen molar-refractivity contribution in [2.45, 2.75) is 13.8 Å². The molecule has 24 heavy (non-hydrogen) atoms. The van der Waals surface area contributed by atoms with E-state index in [0.29, 0.717) is 22.8 Å². The lowest BCUT2D eigenvalue weighted by Crippen LogP contribution is -2.47. The molecule has 0 amide bonds. The Kier molecular flexibility index (Phi) is 4.43. The van der Waals surface area contributed by atoms with Gasteiger partial charge >= 0.3 is 0 Å². The molecule has 1 aromatic heterocycles. The molecule has 2 aromatic rings. The Balaban J connectivity index is 1.73. The van der Waals surface area contributed by atoms with Crippen molar-refractivity contribution in [3.05, 3.63) is 47.3 Å². The van der Waals surface area contributed by atoms with Gasteiger partial charge in [0.15, 0.2) is 5.78 Å². The number of hydrogen-bond acceptors (Lipinski definition) is 6. The summed E-state index contributed by atoms with van der Waals surface area (Å²) in [4.78, 5) is 24.6. The van der Waals surface area contributed by atoms with E-state index >= 15 is 0 Å². The average Bonchev–Trinajstić information content (AvgIpc) is 2.61. The fourth-order valence-corrected chi connectivity index (χ4v) is 2.94. The number of para-hydroxylation sites is 1. The van der Waals surface area contributed by atoms with E-state index in [-0.39, 0.29) is 5.78 Å². The molecule has 0 spiro atoms. The largest absolute Gasteiger partial charge is 0.367 e. The number of anilines is 2. The zero-order valence-electron chi connectivity index (χ0n) is 13.9. The maximum Gasteiger partial charge on any atom is 0.225 e. The second-order valence-electron chi connectivity index (χ2n) is 5.83. The average molecular weight is 321 g/mol. The molecule has 122 valence electrons. The lowest BCUT2D eigenvalue weighted by molar-refractivity contribution is 0.101. The summed E-state index contributed by atoms with van der Waals surface area (Å²) in [5.41, 5.74) is 2.96. The molecule has 3 rings (SSSR count). The van der Waals surface area contributed by atoms with Crippen molar-refractivity contribution in [2.24, 2.45) is 0 Å². The van der Waals surface area contributed by atoms with Gasteiger partial charge in [0.25, 0.3) is 0 Å². The molecule has 0 saturated carbocycles. The SMILES string of the molecule is CC(=O)c1cnc(N2CCN(c3ccccc3C#N)CC2)nc1C. The Hall–Kier alpha value is -2.94. The van der Waals surface area contributed by atoms with Gasteiger partial charge in [0.2, 0.25) is 5.95 Å². The molecule has 0 radical (unpaired) electrons. The predicted octanol–water partition coefficient (Wildman–Crippen LogP) is 2.19. The van der Waals surface area contributed by atoms with E-state index in [4.69, 9.17) is 0 Å². The van der Waals surface area contributed by atoms with Crippen molar-refractivity contribution in [1.29, 1.82) is 5.26 Å². The molecule has 1 aliphatic rings. The number of aryl methyl sites for hydroxylation is 1. The Labute approximate surface area is 141 Å². The van der Waals surface area contributed by atoms with Crippen molar-refractivity contribution in [1.82, 2.24) is 9.97 Å². The third-order valence-corrected chi connectivity index (χ3v) is 4.27. The molecule has 6 heteroatoms. The summed E-state index contributed by atoms with van der Waals surface area (Å²) in [6.07, 6.45) is 1.61. The van der Waals surface area contributed by atoms with E-state index < -0.39 is 0 Å². The number of nitrogens with zero attached hydrogens (tertiary/aromatic N) is 5. The number of benzene rings is 1. The maximum absolute atomic E-state index is 11.5. The Morgan fingerprint density at radius 3 is 2.46 bits per heavy atom. The molecule has 2 heterocycles. The van der Waals surface area contributed by atoms with E-state index in [2.05, 4.69) is 25.8 Å². The van der Waals surface area contributed by atoms with Crippen LogP contribution < -0.4 is 9.80 Å². The fraction of sp³-hybridized carbons (Fsp3) is 0.333. The van der Waals surface area contributed by atoms with E-state index in [9.17, 15) is 10.1 Å². The minimum absolute atomic E-state index is 0.0167. The first-order chi connectivity index (χ1) is 11.6. The number of rotatable bonds is 3. The van der Waals surface area contributed by atoms with E-state index in [1.54, 1.807) is 6.20 Å². The molecule has 0 atom stereocenters. The highest BCUT2D eigenvalue weighted by atomic mass is 16.1. The van der Waals surface area contributed by atoms with Crippen LogP contribution in [-0.2, 0) is 0 Å². The van der Waals surface area contributed by atoms with Crippen molar-refractivity contribution < 1.29 is 4.79 Å². The summed E-state index contributed by atoms with van der Waals surface area (Å²) in [7, 11) is 0. The quantitative estimate of drug-likeness (QED) is 0.807. The number of piperazine rings is 1. The number of aromatic nitrogens is 2. The molecule has 0 aliphatic carbocycles. The number of carbonyl (C=O) groups excluding carboxylic acids is 1. The summed E-state index contributed by atoms with van der Waals surface area (Å²) >= 11 is 0. The van der Waals surface area contributed by atoms with Crippen LogP contribution in [0.3, 0.4) is 0 Å². The van der Waals surface area contributed by atoms with Crippen LogP contribution in [0.1, 0.15) is 28.5 Å². The highest BCUT2D eigenvalue weighted by molar-refractivity contribution is 5.94. The van der Waals surface area contributed by atoms with Crippen LogP contribution in [0.4, 0.5) is 11.6 Å². The van der Waals surface area contributed by atoms with Gasteiger partial charge in [-0.2, -0.15) is 5.26 Å². The van der Waals surface area contributed by atoms with Gasteiger partial charge < -0.3 is 9.80 Å². The van der Waals surface area contributed by atoms with Crippen LogP contribution >= 0.6 is 0 Å². The van der Waals surface area contributed by atoms with E-state index in [1.165, 1.54) is 6.92 Å². The van der Waals surface area contributed by atoms with E-state index in [1.807, 2.05) is 31.2 Å². The van der Waals surface area contributed by atoms with Crippen molar-refractivity contribution in [3.8, 4) is 6.07 Å². The van der Waals surface area contributed by atoms with Crippen molar-refractivity contribution in [2.75, 3.05) is 36.0 Å². The summed E-state index contributed by atoms with van der Waals surface area (Å²) in [5, 5.41) is 9.25. The lowest BCUT2D eigenvalue weighted by atomic mass is 10.1.